The smallest absolute Gasteiger partial charge is 0.291 e. The predicted molar refractivity (Wildman–Crippen MR) is 46.8 cm³/mol. The largest absolute Gasteiger partial charge is 0.386 e. The zero-order valence-corrected chi connectivity index (χ0v) is 7.47. The molecule has 0 aromatic heterocycles. The first-order valence-corrected chi connectivity index (χ1v) is 4.49. The molecule has 1 rings (SSSR count). The first-order chi connectivity index (χ1) is 6.06. The van der Waals surface area contributed by atoms with Crippen LogP contribution < -0.4 is 5.32 Å². The average Bonchev–Trinajstić information content (AvgIpc) is 2.57. The summed E-state index contributed by atoms with van der Waals surface area (Å²) in [6.07, 6.45) is 0.855. The maximum Gasteiger partial charge on any atom is 0.291 e. The highest BCUT2D eigenvalue weighted by Gasteiger charge is 2.36. The molecule has 1 aliphatic rings. The van der Waals surface area contributed by atoms with Gasteiger partial charge in [0.25, 0.3) is 5.92 Å². The van der Waals surface area contributed by atoms with Crippen molar-refractivity contribution in [3.05, 3.63) is 12.7 Å². The topological polar surface area (TPSA) is 32.3 Å². The maximum atomic E-state index is 12.8. The number of aliphatic hydroxyl groups is 1. The Morgan fingerprint density at radius 3 is 2.85 bits per heavy atom. The fraction of sp³-hybridized carbons (Fsp3) is 0.778. The first-order valence-electron chi connectivity index (χ1n) is 4.49. The van der Waals surface area contributed by atoms with E-state index in [0.717, 1.165) is 19.4 Å². The van der Waals surface area contributed by atoms with Crippen LogP contribution in [0.2, 0.25) is 0 Å². The third kappa shape index (κ3) is 2.74. The Morgan fingerprint density at radius 1 is 1.69 bits per heavy atom. The molecular formula is C9H15F2NO. The monoisotopic (exact) mass is 191 g/mol. The highest BCUT2D eigenvalue weighted by atomic mass is 19.3. The summed E-state index contributed by atoms with van der Waals surface area (Å²) in [4.78, 5) is 0. The summed E-state index contributed by atoms with van der Waals surface area (Å²) in [5.41, 5.74) is 0. The molecule has 1 aliphatic heterocycles. The number of hydrogen-bond acceptors (Lipinski definition) is 2. The van der Waals surface area contributed by atoms with Gasteiger partial charge < -0.3 is 10.4 Å². The van der Waals surface area contributed by atoms with Crippen LogP contribution >= 0.6 is 0 Å². The molecule has 0 saturated carbocycles. The molecule has 2 N–H and O–H groups in total. The second-order valence-electron chi connectivity index (χ2n) is 3.42. The summed E-state index contributed by atoms with van der Waals surface area (Å²) >= 11 is 0. The van der Waals surface area contributed by atoms with Crippen molar-refractivity contribution in [3.63, 3.8) is 0 Å². The third-order valence-corrected chi connectivity index (χ3v) is 2.39. The summed E-state index contributed by atoms with van der Waals surface area (Å²) in [7, 11) is 0. The molecule has 2 atom stereocenters. The minimum atomic E-state index is -3.16. The van der Waals surface area contributed by atoms with Gasteiger partial charge in [-0.1, -0.05) is 6.58 Å². The average molecular weight is 191 g/mol. The lowest BCUT2D eigenvalue weighted by atomic mass is 10.0. The van der Waals surface area contributed by atoms with Crippen LogP contribution in [0.3, 0.4) is 0 Å². The number of alkyl halides is 2. The van der Waals surface area contributed by atoms with Gasteiger partial charge >= 0.3 is 0 Å². The summed E-state index contributed by atoms with van der Waals surface area (Å²) in [6.45, 7) is 3.86. The fourth-order valence-corrected chi connectivity index (χ4v) is 1.52. The molecule has 0 aromatic rings. The molecule has 76 valence electrons. The Balaban J connectivity index is 2.39. The summed E-state index contributed by atoms with van der Waals surface area (Å²) in [6, 6.07) is 0.0285. The van der Waals surface area contributed by atoms with E-state index in [2.05, 4.69) is 11.9 Å². The van der Waals surface area contributed by atoms with E-state index >= 15 is 0 Å². The molecule has 0 radical (unpaired) electrons. The number of halogens is 2. The van der Waals surface area contributed by atoms with E-state index in [4.69, 9.17) is 0 Å². The number of hydrogen-bond donors (Lipinski definition) is 2. The molecule has 13 heavy (non-hydrogen) atoms. The lowest BCUT2D eigenvalue weighted by molar-refractivity contribution is -0.0753. The Morgan fingerprint density at radius 2 is 2.38 bits per heavy atom. The van der Waals surface area contributed by atoms with Gasteiger partial charge in [0.05, 0.1) is 0 Å². The molecule has 2 unspecified atom stereocenters. The Hall–Kier alpha value is -0.480. The number of rotatable bonds is 4. The molecule has 0 aliphatic carbocycles. The van der Waals surface area contributed by atoms with Gasteiger partial charge in [-0.05, 0) is 31.9 Å². The van der Waals surface area contributed by atoms with E-state index < -0.39 is 12.0 Å². The van der Waals surface area contributed by atoms with Crippen molar-refractivity contribution in [2.24, 2.45) is 0 Å². The summed E-state index contributed by atoms with van der Waals surface area (Å²) < 4.78 is 25.6. The Bertz CT molecular complexity index is 178. The molecular weight excluding hydrogens is 176 g/mol. The Labute approximate surface area is 76.6 Å². The van der Waals surface area contributed by atoms with Crippen molar-refractivity contribution in [1.82, 2.24) is 5.32 Å². The van der Waals surface area contributed by atoms with Crippen LogP contribution in [0.5, 0.6) is 0 Å². The van der Waals surface area contributed by atoms with Gasteiger partial charge in [0, 0.05) is 6.04 Å². The van der Waals surface area contributed by atoms with Crippen molar-refractivity contribution in [2.75, 3.05) is 6.54 Å². The lowest BCUT2D eigenvalue weighted by Crippen LogP contribution is -2.37. The van der Waals surface area contributed by atoms with Crippen LogP contribution in [0, 0.1) is 0 Å². The van der Waals surface area contributed by atoms with Crippen LogP contribution in [0.25, 0.3) is 0 Å². The van der Waals surface area contributed by atoms with E-state index in [1.807, 2.05) is 0 Å². The van der Waals surface area contributed by atoms with Crippen molar-refractivity contribution >= 4 is 0 Å². The number of aliphatic hydroxyl groups excluding tert-OH is 1. The molecule has 0 bridgehead atoms. The molecule has 0 spiro atoms. The lowest BCUT2D eigenvalue weighted by Gasteiger charge is -2.21. The van der Waals surface area contributed by atoms with Crippen LogP contribution in [0.15, 0.2) is 12.7 Å². The van der Waals surface area contributed by atoms with Gasteiger partial charge in [-0.3, -0.25) is 0 Å². The SMILES string of the molecule is C=CC(F)(F)C(O)CC1CCCN1. The minimum Gasteiger partial charge on any atom is -0.386 e. The van der Waals surface area contributed by atoms with Crippen molar-refractivity contribution < 1.29 is 13.9 Å². The van der Waals surface area contributed by atoms with Gasteiger partial charge in [0.2, 0.25) is 0 Å². The molecule has 1 fully saturated rings. The van der Waals surface area contributed by atoms with E-state index in [-0.39, 0.29) is 12.5 Å². The second-order valence-corrected chi connectivity index (χ2v) is 3.42. The fourth-order valence-electron chi connectivity index (χ4n) is 1.52. The standard InChI is InChI=1S/C9H15F2NO/c1-2-9(10,11)8(13)6-7-4-3-5-12-7/h2,7-8,12-13H,1,3-6H2. The molecule has 0 aromatic carbocycles. The normalized spacial score (nSPS) is 25.9. The van der Waals surface area contributed by atoms with Crippen molar-refractivity contribution in [1.29, 1.82) is 0 Å². The van der Waals surface area contributed by atoms with Gasteiger partial charge in [0.1, 0.15) is 6.10 Å². The zero-order chi connectivity index (χ0) is 9.90. The minimum absolute atomic E-state index is 0.0285. The summed E-state index contributed by atoms with van der Waals surface area (Å²) in [5, 5.41) is 12.2. The van der Waals surface area contributed by atoms with Crippen molar-refractivity contribution in [3.8, 4) is 0 Å². The van der Waals surface area contributed by atoms with Crippen LogP contribution in [-0.4, -0.2) is 29.7 Å². The predicted octanol–water partition coefficient (Wildman–Crippen LogP) is 1.31. The molecule has 1 saturated heterocycles. The molecule has 0 amide bonds. The summed E-state index contributed by atoms with van der Waals surface area (Å²) in [5.74, 6) is -3.16. The van der Waals surface area contributed by atoms with E-state index in [9.17, 15) is 13.9 Å². The van der Waals surface area contributed by atoms with Gasteiger partial charge in [0.15, 0.2) is 0 Å². The quantitative estimate of drug-likeness (QED) is 0.657. The van der Waals surface area contributed by atoms with E-state index in [0.29, 0.717) is 6.08 Å². The van der Waals surface area contributed by atoms with Gasteiger partial charge in [-0.15, -0.1) is 0 Å². The van der Waals surface area contributed by atoms with Crippen molar-refractivity contribution in [2.45, 2.75) is 37.3 Å². The van der Waals surface area contributed by atoms with E-state index in [1.54, 1.807) is 0 Å². The van der Waals surface area contributed by atoms with Crippen LogP contribution in [0.4, 0.5) is 8.78 Å². The molecule has 2 nitrogen and oxygen atoms in total. The third-order valence-electron chi connectivity index (χ3n) is 2.39. The van der Waals surface area contributed by atoms with E-state index in [1.165, 1.54) is 0 Å². The molecule has 1 heterocycles. The number of nitrogens with one attached hydrogen (secondary N) is 1. The Kier molecular flexibility index (Phi) is 3.39. The highest BCUT2D eigenvalue weighted by Crippen LogP contribution is 2.24. The highest BCUT2D eigenvalue weighted by molar-refractivity contribution is 4.95. The second kappa shape index (κ2) is 4.15. The van der Waals surface area contributed by atoms with Gasteiger partial charge in [-0.2, -0.15) is 8.78 Å². The first kappa shape index (κ1) is 10.6. The maximum absolute atomic E-state index is 12.8. The molecule has 4 heteroatoms. The van der Waals surface area contributed by atoms with Crippen LogP contribution in [0.1, 0.15) is 19.3 Å². The zero-order valence-electron chi connectivity index (χ0n) is 7.47. The van der Waals surface area contributed by atoms with Crippen LogP contribution in [-0.2, 0) is 0 Å². The van der Waals surface area contributed by atoms with Gasteiger partial charge in [-0.25, -0.2) is 0 Å².